The fourth-order valence-electron chi connectivity index (χ4n) is 4.91. The molecule has 186 valence electrons. The number of nitrogens with zero attached hydrogens (tertiary/aromatic N) is 6. The van der Waals surface area contributed by atoms with Gasteiger partial charge in [0.15, 0.2) is 9.84 Å². The van der Waals surface area contributed by atoms with Crippen molar-refractivity contribution in [1.29, 1.82) is 0 Å². The van der Waals surface area contributed by atoms with Crippen molar-refractivity contribution in [2.75, 3.05) is 70.1 Å². The fourth-order valence-corrected chi connectivity index (χ4v) is 6.67. The van der Waals surface area contributed by atoms with Gasteiger partial charge < -0.3 is 9.38 Å². The summed E-state index contributed by atoms with van der Waals surface area (Å²) in [5.74, 6) is 0. The van der Waals surface area contributed by atoms with Crippen LogP contribution in [0.15, 0.2) is 51.5 Å². The van der Waals surface area contributed by atoms with Crippen molar-refractivity contribution in [2.45, 2.75) is 11.8 Å². The average molecular weight is 534 g/mol. The molecule has 11 heteroatoms. The summed E-state index contributed by atoms with van der Waals surface area (Å²) in [4.78, 5) is 9.66. The number of azo groups is 1. The van der Waals surface area contributed by atoms with E-state index >= 15 is 0 Å². The highest BCUT2D eigenvalue weighted by molar-refractivity contribution is 7.90. The Morgan fingerprint density at radius 1 is 1.11 bits per heavy atom. The first-order valence-electron chi connectivity index (χ1n) is 11.9. The number of piperazine rings is 3. The first-order valence-corrected chi connectivity index (χ1v) is 15.0. The second kappa shape index (κ2) is 9.74. The quantitative estimate of drug-likeness (QED) is 0.309. The Kier molecular flexibility index (Phi) is 6.84. The molecule has 1 aromatic heterocycles. The first-order chi connectivity index (χ1) is 16.7. The van der Waals surface area contributed by atoms with Gasteiger partial charge in [-0.1, -0.05) is 22.9 Å². The molecule has 8 nitrogen and oxygen atoms in total. The van der Waals surface area contributed by atoms with Gasteiger partial charge in [-0.3, -0.25) is 4.90 Å². The molecule has 2 bridgehead atoms. The topological polar surface area (TPSA) is 78.2 Å². The number of benzene rings is 2. The number of anilines is 1. The standard InChI is InChI=1S/C24H30ClN6O2S2/c1-3-30(11-15-31-12-8-29(9-13-31)10-14-31)18-4-6-21(20(25)16-18)27-28-24-26-22-7-5-19(35(2,32)33)17-23(22)34-24/h4-7,16-17H,3,8-15H2,1-2H3/q+1/b28-27+. The minimum Gasteiger partial charge on any atom is -0.366 e. The van der Waals surface area contributed by atoms with E-state index in [2.05, 4.69) is 38.0 Å². The van der Waals surface area contributed by atoms with Gasteiger partial charge in [0, 0.05) is 38.1 Å². The highest BCUT2D eigenvalue weighted by Gasteiger charge is 2.38. The van der Waals surface area contributed by atoms with Gasteiger partial charge in [-0.05, 0) is 43.3 Å². The maximum atomic E-state index is 11.8. The van der Waals surface area contributed by atoms with Crippen molar-refractivity contribution >= 4 is 59.5 Å². The number of fused-ring (bicyclic) bond motifs is 4. The summed E-state index contributed by atoms with van der Waals surface area (Å²) in [6.45, 7) is 12.7. The van der Waals surface area contributed by atoms with Crippen molar-refractivity contribution < 1.29 is 12.9 Å². The molecule has 4 heterocycles. The highest BCUT2D eigenvalue weighted by atomic mass is 35.5. The van der Waals surface area contributed by atoms with E-state index < -0.39 is 9.84 Å². The van der Waals surface area contributed by atoms with Crippen LogP contribution in [0.2, 0.25) is 5.02 Å². The summed E-state index contributed by atoms with van der Waals surface area (Å²) in [5, 5.41) is 9.58. The van der Waals surface area contributed by atoms with Gasteiger partial charge in [0.2, 0.25) is 5.13 Å². The second-order valence-corrected chi connectivity index (χ2v) is 12.8. The molecule has 0 unspecified atom stereocenters. The maximum Gasteiger partial charge on any atom is 0.231 e. The van der Waals surface area contributed by atoms with Crippen LogP contribution in [0.4, 0.5) is 16.5 Å². The lowest BCUT2D eigenvalue weighted by molar-refractivity contribution is -0.939. The molecule has 3 saturated heterocycles. The van der Waals surface area contributed by atoms with E-state index in [9.17, 15) is 8.42 Å². The van der Waals surface area contributed by atoms with Crippen LogP contribution in [0.1, 0.15) is 6.92 Å². The lowest BCUT2D eigenvalue weighted by Crippen LogP contribution is -2.68. The smallest absolute Gasteiger partial charge is 0.231 e. The summed E-state index contributed by atoms with van der Waals surface area (Å²) >= 11 is 7.88. The van der Waals surface area contributed by atoms with Gasteiger partial charge in [0.1, 0.15) is 5.69 Å². The van der Waals surface area contributed by atoms with Crippen LogP contribution >= 0.6 is 22.9 Å². The van der Waals surface area contributed by atoms with E-state index in [0.717, 1.165) is 23.5 Å². The molecule has 0 radical (unpaired) electrons. The number of sulfone groups is 1. The maximum absolute atomic E-state index is 11.8. The van der Waals surface area contributed by atoms with Crippen LogP contribution in [0.5, 0.6) is 0 Å². The van der Waals surface area contributed by atoms with Crippen LogP contribution in [0.3, 0.4) is 0 Å². The van der Waals surface area contributed by atoms with Crippen LogP contribution in [0, 0.1) is 0 Å². The Morgan fingerprint density at radius 3 is 2.51 bits per heavy atom. The summed E-state index contributed by atoms with van der Waals surface area (Å²) in [6.07, 6.45) is 1.19. The fraction of sp³-hybridized carbons (Fsp3) is 0.458. The minimum absolute atomic E-state index is 0.267. The molecule has 0 atom stereocenters. The monoisotopic (exact) mass is 533 g/mol. The van der Waals surface area contributed by atoms with Gasteiger partial charge in [0.25, 0.3) is 0 Å². The van der Waals surface area contributed by atoms with E-state index in [0.29, 0.717) is 21.4 Å². The molecule has 0 aliphatic carbocycles. The van der Waals surface area contributed by atoms with Crippen molar-refractivity contribution in [1.82, 2.24) is 9.88 Å². The lowest BCUT2D eigenvalue weighted by Gasteiger charge is -2.51. The van der Waals surface area contributed by atoms with Gasteiger partial charge >= 0.3 is 0 Å². The highest BCUT2D eigenvalue weighted by Crippen LogP contribution is 2.34. The summed E-state index contributed by atoms with van der Waals surface area (Å²) in [7, 11) is -3.27. The van der Waals surface area contributed by atoms with E-state index in [4.69, 9.17) is 11.6 Å². The lowest BCUT2D eigenvalue weighted by atomic mass is 10.1. The number of hydrogen-bond donors (Lipinski definition) is 0. The third-order valence-corrected chi connectivity index (χ3v) is 9.53. The van der Waals surface area contributed by atoms with Gasteiger partial charge in [-0.15, -0.1) is 10.2 Å². The summed E-state index contributed by atoms with van der Waals surface area (Å²) in [6, 6.07) is 10.8. The number of thiazole rings is 1. The molecule has 0 spiro atoms. The minimum atomic E-state index is -3.27. The molecule has 3 aromatic rings. The summed E-state index contributed by atoms with van der Waals surface area (Å²) in [5.41, 5.74) is 2.37. The Balaban J connectivity index is 1.28. The normalized spacial score (nSPS) is 22.3. The molecule has 35 heavy (non-hydrogen) atoms. The molecule has 0 N–H and O–H groups in total. The van der Waals surface area contributed by atoms with Crippen LogP contribution in [-0.2, 0) is 9.84 Å². The number of likely N-dealkylation sites (N-methyl/N-ethyl adjacent to an activating group) is 1. The van der Waals surface area contributed by atoms with Crippen molar-refractivity contribution in [3.8, 4) is 0 Å². The third kappa shape index (κ3) is 5.36. The molecular weight excluding hydrogens is 504 g/mol. The Hall–Kier alpha value is -2.11. The Bertz CT molecular complexity index is 1350. The van der Waals surface area contributed by atoms with Gasteiger partial charge in [0.05, 0.1) is 52.9 Å². The second-order valence-electron chi connectivity index (χ2n) is 9.39. The number of hydrogen-bond acceptors (Lipinski definition) is 8. The van der Waals surface area contributed by atoms with Crippen molar-refractivity contribution in [2.24, 2.45) is 10.2 Å². The first kappa shape index (κ1) is 24.6. The molecule has 3 aliphatic heterocycles. The van der Waals surface area contributed by atoms with Gasteiger partial charge in [-0.25, -0.2) is 13.4 Å². The third-order valence-electron chi connectivity index (χ3n) is 7.21. The van der Waals surface area contributed by atoms with E-state index in [1.165, 1.54) is 67.9 Å². The van der Waals surface area contributed by atoms with Crippen molar-refractivity contribution in [3.05, 3.63) is 41.4 Å². The van der Waals surface area contributed by atoms with E-state index in [1.54, 1.807) is 18.2 Å². The van der Waals surface area contributed by atoms with E-state index in [1.807, 2.05) is 12.1 Å². The Morgan fingerprint density at radius 2 is 1.86 bits per heavy atom. The number of aromatic nitrogens is 1. The number of rotatable bonds is 8. The zero-order valence-electron chi connectivity index (χ0n) is 20.0. The molecular formula is C24H30ClN6O2S2+. The van der Waals surface area contributed by atoms with Crippen LogP contribution < -0.4 is 4.90 Å². The molecule has 3 aliphatic rings. The average Bonchev–Trinajstić information content (AvgIpc) is 3.27. The molecule has 0 saturated carbocycles. The van der Waals surface area contributed by atoms with Crippen molar-refractivity contribution in [3.63, 3.8) is 0 Å². The largest absolute Gasteiger partial charge is 0.366 e. The number of halogens is 1. The van der Waals surface area contributed by atoms with E-state index in [-0.39, 0.29) is 4.90 Å². The zero-order chi connectivity index (χ0) is 24.6. The molecule has 0 amide bonds. The Labute approximate surface area is 215 Å². The predicted octanol–water partition coefficient (Wildman–Crippen LogP) is 4.74. The molecule has 6 rings (SSSR count). The molecule has 3 fully saturated rings. The summed E-state index contributed by atoms with van der Waals surface area (Å²) < 4.78 is 25.6. The number of quaternary nitrogens is 1. The molecule has 2 aromatic carbocycles. The van der Waals surface area contributed by atoms with Gasteiger partial charge in [-0.2, -0.15) is 0 Å². The van der Waals surface area contributed by atoms with Crippen LogP contribution in [0.25, 0.3) is 10.2 Å². The zero-order valence-corrected chi connectivity index (χ0v) is 22.4. The van der Waals surface area contributed by atoms with Crippen LogP contribution in [-0.4, -0.2) is 87.9 Å². The predicted molar refractivity (Wildman–Crippen MR) is 142 cm³/mol. The SMILES string of the molecule is CCN(CC[N+]12CCN(CC1)CC2)c1ccc(/N=N/c2nc3ccc(S(C)(=O)=O)cc3s2)c(Cl)c1.